The van der Waals surface area contributed by atoms with Crippen molar-refractivity contribution < 1.29 is 8.42 Å². The minimum Gasteiger partial charge on any atom is -0.357 e. The van der Waals surface area contributed by atoms with Crippen molar-refractivity contribution in [1.82, 2.24) is 10.6 Å². The summed E-state index contributed by atoms with van der Waals surface area (Å²) in [6.07, 6.45) is 0. The van der Waals surface area contributed by atoms with Crippen LogP contribution in [0.2, 0.25) is 0 Å². The molecule has 0 saturated carbocycles. The number of sulfonamides is 1. The molecule has 31 heavy (non-hydrogen) atoms. The Morgan fingerprint density at radius 1 is 0.871 bits per heavy atom. The van der Waals surface area contributed by atoms with Gasteiger partial charge in [0.1, 0.15) is 0 Å². The van der Waals surface area contributed by atoms with Gasteiger partial charge in [0.15, 0.2) is 5.96 Å². The number of aliphatic imine (C=N–C) groups is 1. The quantitative estimate of drug-likeness (QED) is 0.373. The molecule has 162 valence electrons. The minimum absolute atomic E-state index is 0.0961. The smallest absolute Gasteiger partial charge is 0.238 e. The van der Waals surface area contributed by atoms with Crippen molar-refractivity contribution in [1.29, 1.82) is 0 Å². The van der Waals surface area contributed by atoms with Crippen LogP contribution in [0.1, 0.15) is 29.5 Å². The maximum atomic E-state index is 11.4. The fourth-order valence-corrected chi connectivity index (χ4v) is 3.81. The molecule has 6 nitrogen and oxygen atoms in total. The van der Waals surface area contributed by atoms with Gasteiger partial charge in [0.25, 0.3) is 0 Å². The molecule has 0 fully saturated rings. The van der Waals surface area contributed by atoms with E-state index in [9.17, 15) is 8.42 Å². The molecule has 0 aliphatic heterocycles. The lowest BCUT2D eigenvalue weighted by atomic mass is 9.91. The number of nitrogens with one attached hydrogen (secondary N) is 2. The number of guanidine groups is 1. The fraction of sp³-hybridized carbons (Fsp3) is 0.208. The number of rotatable bonds is 8. The van der Waals surface area contributed by atoms with E-state index >= 15 is 0 Å². The van der Waals surface area contributed by atoms with E-state index in [1.165, 1.54) is 23.3 Å². The highest BCUT2D eigenvalue weighted by molar-refractivity contribution is 7.89. The van der Waals surface area contributed by atoms with Gasteiger partial charge in [0.2, 0.25) is 10.0 Å². The van der Waals surface area contributed by atoms with Crippen LogP contribution in [0.15, 0.2) is 94.8 Å². The van der Waals surface area contributed by atoms with E-state index in [1.807, 2.05) is 19.1 Å². The fourth-order valence-electron chi connectivity index (χ4n) is 3.29. The summed E-state index contributed by atoms with van der Waals surface area (Å²) in [6.45, 7) is 3.85. The van der Waals surface area contributed by atoms with E-state index < -0.39 is 10.0 Å². The van der Waals surface area contributed by atoms with Gasteiger partial charge in [-0.1, -0.05) is 72.8 Å². The van der Waals surface area contributed by atoms with Crippen molar-refractivity contribution in [2.45, 2.75) is 24.3 Å². The lowest BCUT2D eigenvalue weighted by molar-refractivity contribution is 0.598. The third kappa shape index (κ3) is 6.67. The molecule has 0 bridgehead atoms. The van der Waals surface area contributed by atoms with Gasteiger partial charge < -0.3 is 10.6 Å². The zero-order chi connectivity index (χ0) is 22.1. The Balaban J connectivity index is 1.73. The summed E-state index contributed by atoms with van der Waals surface area (Å²) < 4.78 is 22.8. The summed E-state index contributed by atoms with van der Waals surface area (Å²) >= 11 is 0. The second-order valence-corrected chi connectivity index (χ2v) is 8.70. The first kappa shape index (κ1) is 22.5. The molecule has 0 unspecified atom stereocenters. The van der Waals surface area contributed by atoms with E-state index in [2.05, 4.69) is 64.2 Å². The molecule has 0 atom stereocenters. The van der Waals surface area contributed by atoms with Crippen molar-refractivity contribution in [3.63, 3.8) is 0 Å². The third-order valence-electron chi connectivity index (χ3n) is 4.89. The number of benzene rings is 3. The van der Waals surface area contributed by atoms with E-state index in [0.29, 0.717) is 19.0 Å². The first-order valence-electron chi connectivity index (χ1n) is 10.2. The van der Waals surface area contributed by atoms with Gasteiger partial charge in [-0.3, -0.25) is 0 Å². The highest BCUT2D eigenvalue weighted by Crippen LogP contribution is 2.23. The summed E-state index contributed by atoms with van der Waals surface area (Å²) in [7, 11) is -3.69. The highest BCUT2D eigenvalue weighted by Gasteiger charge is 2.14. The van der Waals surface area contributed by atoms with Gasteiger partial charge in [0, 0.05) is 19.0 Å². The maximum Gasteiger partial charge on any atom is 0.238 e. The van der Waals surface area contributed by atoms with Crippen molar-refractivity contribution in [2.24, 2.45) is 10.1 Å². The molecule has 3 rings (SSSR count). The molecule has 0 aliphatic rings. The average molecular weight is 437 g/mol. The lowest BCUT2D eigenvalue weighted by Crippen LogP contribution is -2.39. The SMILES string of the molecule is CCNC(=NCc1ccc(S(N)(=O)=O)cc1)NCC(c1ccccc1)c1ccccc1. The minimum atomic E-state index is -3.69. The summed E-state index contributed by atoms with van der Waals surface area (Å²) in [5, 5.41) is 11.9. The first-order chi connectivity index (χ1) is 15.0. The zero-order valence-electron chi connectivity index (χ0n) is 17.5. The van der Waals surface area contributed by atoms with Crippen LogP contribution in [0.3, 0.4) is 0 Å². The average Bonchev–Trinajstić information content (AvgIpc) is 2.78. The molecular weight excluding hydrogens is 408 g/mol. The van der Waals surface area contributed by atoms with Crippen molar-refractivity contribution in [3.8, 4) is 0 Å². The Morgan fingerprint density at radius 3 is 1.90 bits per heavy atom. The van der Waals surface area contributed by atoms with Crippen LogP contribution in [0.5, 0.6) is 0 Å². The molecule has 0 amide bonds. The van der Waals surface area contributed by atoms with Crippen LogP contribution in [0, 0.1) is 0 Å². The Bertz CT molecular complexity index is 1040. The second kappa shape index (κ2) is 10.7. The molecule has 4 N–H and O–H groups in total. The number of hydrogen-bond acceptors (Lipinski definition) is 3. The number of primary sulfonamides is 1. The van der Waals surface area contributed by atoms with Crippen LogP contribution in [0.4, 0.5) is 0 Å². The Hall–Kier alpha value is -3.16. The van der Waals surface area contributed by atoms with Gasteiger partial charge >= 0.3 is 0 Å². The summed E-state index contributed by atoms with van der Waals surface area (Å²) in [6, 6.07) is 27.2. The number of nitrogens with two attached hydrogens (primary N) is 1. The van der Waals surface area contributed by atoms with Gasteiger partial charge in [-0.2, -0.15) is 0 Å². The van der Waals surface area contributed by atoms with Gasteiger partial charge in [-0.25, -0.2) is 18.5 Å². The van der Waals surface area contributed by atoms with Crippen molar-refractivity contribution >= 4 is 16.0 Å². The molecule has 0 heterocycles. The van der Waals surface area contributed by atoms with Gasteiger partial charge in [-0.05, 0) is 35.7 Å². The van der Waals surface area contributed by atoms with Crippen LogP contribution in [-0.4, -0.2) is 27.5 Å². The summed E-state index contributed by atoms with van der Waals surface area (Å²) in [5.74, 6) is 0.884. The van der Waals surface area contributed by atoms with Crippen molar-refractivity contribution in [2.75, 3.05) is 13.1 Å². The van der Waals surface area contributed by atoms with Crippen LogP contribution in [0.25, 0.3) is 0 Å². The zero-order valence-corrected chi connectivity index (χ0v) is 18.3. The summed E-state index contributed by atoms with van der Waals surface area (Å²) in [5.41, 5.74) is 3.36. The van der Waals surface area contributed by atoms with E-state index in [1.54, 1.807) is 12.1 Å². The molecular formula is C24H28N4O2S. The third-order valence-corrected chi connectivity index (χ3v) is 5.82. The largest absolute Gasteiger partial charge is 0.357 e. The van der Waals surface area contributed by atoms with E-state index in [4.69, 9.17) is 5.14 Å². The van der Waals surface area contributed by atoms with Crippen LogP contribution < -0.4 is 15.8 Å². The molecule has 3 aromatic rings. The Morgan fingerprint density at radius 2 is 1.42 bits per heavy atom. The topological polar surface area (TPSA) is 96.6 Å². The van der Waals surface area contributed by atoms with Gasteiger partial charge in [-0.15, -0.1) is 0 Å². The van der Waals surface area contributed by atoms with E-state index in [0.717, 1.165) is 12.1 Å². The Kier molecular flexibility index (Phi) is 7.81. The number of hydrogen-bond donors (Lipinski definition) is 3. The second-order valence-electron chi connectivity index (χ2n) is 7.14. The van der Waals surface area contributed by atoms with E-state index in [-0.39, 0.29) is 10.8 Å². The van der Waals surface area contributed by atoms with Crippen LogP contribution in [-0.2, 0) is 16.6 Å². The standard InChI is InChI=1S/C24H28N4O2S/c1-2-26-24(27-17-19-13-15-22(16-14-19)31(25,29)30)28-18-23(20-9-5-3-6-10-20)21-11-7-4-8-12-21/h3-16,23H,2,17-18H2,1H3,(H2,25,29,30)(H2,26,27,28). The normalized spacial score (nSPS) is 12.0. The first-order valence-corrected chi connectivity index (χ1v) is 11.8. The molecule has 3 aromatic carbocycles. The predicted molar refractivity (Wildman–Crippen MR) is 125 cm³/mol. The number of nitrogens with zero attached hydrogens (tertiary/aromatic N) is 1. The molecule has 0 aliphatic carbocycles. The Labute approximate surface area is 184 Å². The molecule has 0 radical (unpaired) electrons. The molecule has 7 heteroatoms. The summed E-state index contributed by atoms with van der Waals surface area (Å²) in [4.78, 5) is 4.74. The monoisotopic (exact) mass is 436 g/mol. The van der Waals surface area contributed by atoms with Crippen molar-refractivity contribution in [3.05, 3.63) is 102 Å². The molecule has 0 aromatic heterocycles. The maximum absolute atomic E-state index is 11.4. The van der Waals surface area contributed by atoms with Gasteiger partial charge in [0.05, 0.1) is 11.4 Å². The highest BCUT2D eigenvalue weighted by atomic mass is 32.2. The molecule has 0 saturated heterocycles. The van der Waals surface area contributed by atoms with Crippen LogP contribution >= 0.6 is 0 Å². The lowest BCUT2D eigenvalue weighted by Gasteiger charge is -2.20. The predicted octanol–water partition coefficient (Wildman–Crippen LogP) is 3.22. The molecule has 0 spiro atoms.